The first-order valence-corrected chi connectivity index (χ1v) is 4.40. The molecule has 3 heteroatoms. The molecule has 0 bridgehead atoms. The van der Waals surface area contributed by atoms with Crippen LogP contribution in [0.15, 0.2) is 48.8 Å². The first-order chi connectivity index (χ1) is 6.36. The van der Waals surface area contributed by atoms with E-state index in [0.717, 1.165) is 16.1 Å². The lowest BCUT2D eigenvalue weighted by Gasteiger charge is -1.99. The third kappa shape index (κ3) is 2.47. The van der Waals surface area contributed by atoms with Crippen LogP contribution in [0.2, 0.25) is 5.02 Å². The van der Waals surface area contributed by atoms with Gasteiger partial charge >= 0.3 is 0 Å². The van der Waals surface area contributed by atoms with Gasteiger partial charge in [-0.1, -0.05) is 23.7 Å². The van der Waals surface area contributed by atoms with Gasteiger partial charge in [0.25, 0.3) is 0 Å². The molecular weight excluding hydrogens is 217 g/mol. The van der Waals surface area contributed by atoms with Gasteiger partial charge in [0.15, 0.2) is 0 Å². The zero-order valence-corrected chi connectivity index (χ0v) is 8.92. The molecule has 0 fully saturated rings. The summed E-state index contributed by atoms with van der Waals surface area (Å²) >= 11 is 5.79. The summed E-state index contributed by atoms with van der Waals surface area (Å²) in [4.78, 5) is 3.96. The number of halogens is 2. The Morgan fingerprint density at radius 3 is 1.86 bits per heavy atom. The highest BCUT2D eigenvalue weighted by Crippen LogP contribution is 2.20. The summed E-state index contributed by atoms with van der Waals surface area (Å²) < 4.78 is 0. The molecule has 0 radical (unpaired) electrons. The largest absolute Gasteiger partial charge is 0.265 e. The summed E-state index contributed by atoms with van der Waals surface area (Å²) in [6.45, 7) is 0. The van der Waals surface area contributed by atoms with Gasteiger partial charge in [-0.15, -0.1) is 12.4 Å². The van der Waals surface area contributed by atoms with Gasteiger partial charge in [-0.25, -0.2) is 0 Å². The number of hydrogen-bond donors (Lipinski definition) is 0. The highest BCUT2D eigenvalue weighted by Gasteiger charge is 1.94. The van der Waals surface area contributed by atoms with Gasteiger partial charge in [0.05, 0.1) is 0 Å². The smallest absolute Gasteiger partial charge is 0.0406 e. The van der Waals surface area contributed by atoms with Crippen molar-refractivity contribution in [1.29, 1.82) is 0 Å². The summed E-state index contributed by atoms with van der Waals surface area (Å²) in [6, 6.07) is 11.7. The highest BCUT2D eigenvalue weighted by atomic mass is 35.5. The van der Waals surface area contributed by atoms with Crippen LogP contribution in [0.5, 0.6) is 0 Å². The zero-order valence-electron chi connectivity index (χ0n) is 7.35. The van der Waals surface area contributed by atoms with Crippen molar-refractivity contribution in [2.24, 2.45) is 0 Å². The minimum Gasteiger partial charge on any atom is -0.265 e. The Kier molecular flexibility index (Phi) is 3.93. The number of benzene rings is 1. The molecule has 0 unspecified atom stereocenters. The maximum Gasteiger partial charge on any atom is 0.0406 e. The van der Waals surface area contributed by atoms with E-state index in [9.17, 15) is 0 Å². The second-order valence-corrected chi connectivity index (χ2v) is 3.18. The molecule has 2 rings (SSSR count). The Bertz CT molecular complexity index is 384. The fourth-order valence-corrected chi connectivity index (χ4v) is 1.31. The van der Waals surface area contributed by atoms with E-state index in [0.29, 0.717) is 0 Å². The molecule has 1 aromatic carbocycles. The van der Waals surface area contributed by atoms with E-state index < -0.39 is 0 Å². The number of aromatic nitrogens is 1. The van der Waals surface area contributed by atoms with Crippen LogP contribution in [-0.2, 0) is 0 Å². The van der Waals surface area contributed by atoms with Crippen molar-refractivity contribution in [2.75, 3.05) is 0 Å². The Morgan fingerprint density at radius 2 is 1.29 bits per heavy atom. The van der Waals surface area contributed by atoms with Crippen molar-refractivity contribution in [1.82, 2.24) is 4.98 Å². The fraction of sp³-hybridized carbons (Fsp3) is 0. The van der Waals surface area contributed by atoms with E-state index in [1.54, 1.807) is 12.4 Å². The lowest BCUT2D eigenvalue weighted by atomic mass is 10.1. The van der Waals surface area contributed by atoms with E-state index in [2.05, 4.69) is 4.98 Å². The lowest BCUT2D eigenvalue weighted by molar-refractivity contribution is 1.33. The summed E-state index contributed by atoms with van der Waals surface area (Å²) in [5.41, 5.74) is 2.32. The average molecular weight is 226 g/mol. The summed E-state index contributed by atoms with van der Waals surface area (Å²) in [7, 11) is 0. The topological polar surface area (TPSA) is 12.9 Å². The molecular formula is C11H9Cl2N. The molecule has 0 aliphatic carbocycles. The van der Waals surface area contributed by atoms with Gasteiger partial charge in [0.1, 0.15) is 0 Å². The van der Waals surface area contributed by atoms with Crippen molar-refractivity contribution in [2.45, 2.75) is 0 Å². The second kappa shape index (κ2) is 4.99. The lowest BCUT2D eigenvalue weighted by Crippen LogP contribution is -1.76. The van der Waals surface area contributed by atoms with Crippen LogP contribution in [0, 0.1) is 0 Å². The van der Waals surface area contributed by atoms with Gasteiger partial charge < -0.3 is 0 Å². The van der Waals surface area contributed by atoms with Crippen molar-refractivity contribution in [3.8, 4) is 11.1 Å². The standard InChI is InChI=1S/C11H8ClN.ClH/c12-11-3-1-9(2-4-11)10-5-7-13-8-6-10;/h1-8H;1H. The molecule has 1 nitrogen and oxygen atoms in total. The Hall–Kier alpha value is -1.05. The molecule has 0 atom stereocenters. The molecule has 0 spiro atoms. The van der Waals surface area contributed by atoms with Crippen LogP contribution in [0.4, 0.5) is 0 Å². The third-order valence-electron chi connectivity index (χ3n) is 1.86. The summed E-state index contributed by atoms with van der Waals surface area (Å²) in [5, 5.41) is 0.762. The first-order valence-electron chi connectivity index (χ1n) is 4.02. The first kappa shape index (κ1) is 11.0. The van der Waals surface area contributed by atoms with Gasteiger partial charge in [0, 0.05) is 17.4 Å². The van der Waals surface area contributed by atoms with Crippen LogP contribution in [0.1, 0.15) is 0 Å². The fourth-order valence-electron chi connectivity index (χ4n) is 1.19. The van der Waals surface area contributed by atoms with E-state index in [1.165, 1.54) is 0 Å². The number of nitrogens with zero attached hydrogens (tertiary/aromatic N) is 1. The monoisotopic (exact) mass is 225 g/mol. The predicted octanol–water partition coefficient (Wildman–Crippen LogP) is 3.82. The van der Waals surface area contributed by atoms with Crippen LogP contribution in [0.25, 0.3) is 11.1 Å². The summed E-state index contributed by atoms with van der Waals surface area (Å²) in [5.74, 6) is 0. The van der Waals surface area contributed by atoms with Crippen molar-refractivity contribution < 1.29 is 0 Å². The quantitative estimate of drug-likeness (QED) is 0.720. The van der Waals surface area contributed by atoms with Crippen molar-refractivity contribution >= 4 is 24.0 Å². The number of hydrogen-bond acceptors (Lipinski definition) is 1. The molecule has 0 saturated heterocycles. The van der Waals surface area contributed by atoms with Crippen molar-refractivity contribution in [3.05, 3.63) is 53.8 Å². The average Bonchev–Trinajstić information content (AvgIpc) is 2.20. The van der Waals surface area contributed by atoms with Crippen molar-refractivity contribution in [3.63, 3.8) is 0 Å². The van der Waals surface area contributed by atoms with Gasteiger partial charge in [-0.2, -0.15) is 0 Å². The minimum absolute atomic E-state index is 0. The molecule has 0 N–H and O–H groups in total. The number of rotatable bonds is 1. The van der Waals surface area contributed by atoms with Crippen LogP contribution >= 0.6 is 24.0 Å². The Morgan fingerprint density at radius 1 is 0.786 bits per heavy atom. The van der Waals surface area contributed by atoms with Gasteiger partial charge in [-0.05, 0) is 35.4 Å². The van der Waals surface area contributed by atoms with Gasteiger partial charge in [-0.3, -0.25) is 4.98 Å². The number of pyridine rings is 1. The third-order valence-corrected chi connectivity index (χ3v) is 2.11. The molecule has 14 heavy (non-hydrogen) atoms. The van der Waals surface area contributed by atoms with E-state index >= 15 is 0 Å². The van der Waals surface area contributed by atoms with Crippen LogP contribution in [0.3, 0.4) is 0 Å². The molecule has 1 aromatic heterocycles. The van der Waals surface area contributed by atoms with E-state index in [-0.39, 0.29) is 12.4 Å². The maximum atomic E-state index is 5.79. The normalized spacial score (nSPS) is 9.21. The Labute approximate surface area is 94.2 Å². The predicted molar refractivity (Wildman–Crippen MR) is 61.9 cm³/mol. The second-order valence-electron chi connectivity index (χ2n) is 2.74. The molecule has 1 heterocycles. The molecule has 0 aliphatic heterocycles. The minimum atomic E-state index is 0. The van der Waals surface area contributed by atoms with E-state index in [4.69, 9.17) is 11.6 Å². The highest BCUT2D eigenvalue weighted by molar-refractivity contribution is 6.30. The van der Waals surface area contributed by atoms with E-state index in [1.807, 2.05) is 36.4 Å². The van der Waals surface area contributed by atoms with Gasteiger partial charge in [0.2, 0.25) is 0 Å². The molecule has 0 saturated carbocycles. The molecule has 2 aromatic rings. The van der Waals surface area contributed by atoms with Crippen LogP contribution < -0.4 is 0 Å². The maximum absolute atomic E-state index is 5.79. The molecule has 0 aliphatic rings. The van der Waals surface area contributed by atoms with Crippen LogP contribution in [-0.4, -0.2) is 4.98 Å². The SMILES string of the molecule is Cl.Clc1ccc(-c2ccncc2)cc1. The molecule has 0 amide bonds. The summed E-state index contributed by atoms with van der Waals surface area (Å²) in [6.07, 6.45) is 3.56. The Balaban J connectivity index is 0.000000980. The molecule has 72 valence electrons. The zero-order chi connectivity index (χ0) is 9.10.